The van der Waals surface area contributed by atoms with Gasteiger partial charge in [-0.15, -0.1) is 17.7 Å². The normalized spacial score (nSPS) is 12.4. The van der Waals surface area contributed by atoms with Gasteiger partial charge in [0.05, 0.1) is 6.10 Å². The van der Waals surface area contributed by atoms with E-state index in [4.69, 9.17) is 27.6 Å². The average molecular weight is 610 g/mol. The van der Waals surface area contributed by atoms with Gasteiger partial charge in [-0.3, -0.25) is 4.98 Å². The molecule has 0 aliphatic rings. The van der Waals surface area contributed by atoms with Crippen molar-refractivity contribution in [2.24, 2.45) is 0 Å². The van der Waals surface area contributed by atoms with Gasteiger partial charge in [0, 0.05) is 0 Å². The third-order valence-electron chi connectivity index (χ3n) is 4.24. The number of aryl methyl sites for hydroxylation is 1. The van der Waals surface area contributed by atoms with E-state index in [2.05, 4.69) is 30.1 Å². The first kappa shape index (κ1) is 25.7. The maximum absolute atomic E-state index is 10.7. The molecule has 0 fully saturated rings. The number of benzene rings is 1. The second kappa shape index (κ2) is 16.5. The maximum atomic E-state index is 10.7. The zero-order chi connectivity index (χ0) is 20.6. The van der Waals surface area contributed by atoms with E-state index in [1.807, 2.05) is 30.3 Å². The zero-order valence-corrected chi connectivity index (χ0v) is 21.7. The molecule has 1 aromatic heterocycles. The minimum absolute atomic E-state index is 0.431. The van der Waals surface area contributed by atoms with Crippen molar-refractivity contribution in [3.05, 3.63) is 77.6 Å². The van der Waals surface area contributed by atoms with Crippen LogP contribution in [0.3, 0.4) is 0 Å². The van der Waals surface area contributed by atoms with Crippen molar-refractivity contribution in [1.82, 2.24) is 4.98 Å². The number of nitrogens with zero attached hydrogens (tertiary/aromatic N) is 1. The molecule has 0 radical (unpaired) electrons. The Labute approximate surface area is 187 Å². The number of hydrogen-bond acceptors (Lipinski definition) is 2. The summed E-state index contributed by atoms with van der Waals surface area (Å²) in [5, 5.41) is 10.7. The summed E-state index contributed by atoms with van der Waals surface area (Å²) in [5.41, 5.74) is 3.29. The van der Waals surface area contributed by atoms with E-state index < -0.39 is 21.3 Å². The molecule has 0 amide bonds. The van der Waals surface area contributed by atoms with Crippen LogP contribution in [-0.4, -0.2) is 16.2 Å². The summed E-state index contributed by atoms with van der Waals surface area (Å²) in [5.74, 6) is 0. The van der Waals surface area contributed by atoms with E-state index >= 15 is 0 Å². The fourth-order valence-corrected chi connectivity index (χ4v) is 2.80. The molecule has 6 heteroatoms. The molecular weight excluding hydrogens is 582 g/mol. The van der Waals surface area contributed by atoms with E-state index in [1.54, 1.807) is 12.4 Å². The van der Waals surface area contributed by atoms with Gasteiger partial charge in [0.2, 0.25) is 0 Å². The molecule has 1 atom stereocenters. The van der Waals surface area contributed by atoms with Crippen molar-refractivity contribution >= 4 is 27.6 Å². The molecule has 2 rings (SSSR count). The van der Waals surface area contributed by atoms with E-state index in [9.17, 15) is 5.11 Å². The van der Waals surface area contributed by atoms with Crippen LogP contribution < -0.4 is 0 Å². The Morgan fingerprint density at radius 1 is 1.04 bits per heavy atom. The topological polar surface area (TPSA) is 33.1 Å². The van der Waals surface area contributed by atoms with Gasteiger partial charge in [-0.05, 0) is 37.2 Å². The SMILES string of the molecule is CCCCCCC(=[C-]c1ccncc1)C(O)CCc1ccccc1.[Cl][Ta]([Cl])[Cl]. The Hall–Kier alpha value is -0.320. The van der Waals surface area contributed by atoms with Gasteiger partial charge in [0.15, 0.2) is 0 Å². The molecule has 0 saturated carbocycles. The molecule has 0 aliphatic carbocycles. The monoisotopic (exact) mass is 608 g/mol. The van der Waals surface area contributed by atoms with Gasteiger partial charge in [0.25, 0.3) is 0 Å². The molecule has 1 unspecified atom stereocenters. The molecular formula is C22H28Cl3NOTa-. The number of rotatable bonds is 10. The van der Waals surface area contributed by atoms with E-state index in [0.29, 0.717) is 0 Å². The average Bonchev–Trinajstić information content (AvgIpc) is 2.69. The number of hydrogen-bond donors (Lipinski definition) is 1. The molecule has 1 aromatic carbocycles. The van der Waals surface area contributed by atoms with Gasteiger partial charge in [0.1, 0.15) is 0 Å². The van der Waals surface area contributed by atoms with Crippen LogP contribution in [0.15, 0.2) is 60.4 Å². The molecule has 154 valence electrons. The molecule has 0 aliphatic heterocycles. The molecule has 1 heterocycles. The number of aromatic nitrogens is 1. The minimum atomic E-state index is -2.18. The molecule has 0 saturated heterocycles. The van der Waals surface area contributed by atoms with Crippen LogP contribution in [0.4, 0.5) is 0 Å². The molecule has 2 nitrogen and oxygen atoms in total. The third-order valence-corrected chi connectivity index (χ3v) is 4.24. The number of aliphatic hydroxyl groups is 1. The number of unbranched alkanes of at least 4 members (excludes halogenated alkanes) is 3. The van der Waals surface area contributed by atoms with Crippen LogP contribution in [-0.2, 0) is 21.6 Å². The van der Waals surface area contributed by atoms with E-state index in [-0.39, 0.29) is 0 Å². The second-order valence-electron chi connectivity index (χ2n) is 6.43. The summed E-state index contributed by atoms with van der Waals surface area (Å²) < 4.78 is 0. The summed E-state index contributed by atoms with van der Waals surface area (Å²) >= 11 is -2.18. The van der Waals surface area contributed by atoms with E-state index in [0.717, 1.165) is 36.8 Å². The Morgan fingerprint density at radius 3 is 2.29 bits per heavy atom. The van der Waals surface area contributed by atoms with Gasteiger partial charge in [-0.2, -0.15) is 11.6 Å². The van der Waals surface area contributed by atoms with Crippen molar-refractivity contribution in [3.63, 3.8) is 0 Å². The summed E-state index contributed by atoms with van der Waals surface area (Å²) in [6.45, 7) is 2.22. The van der Waals surface area contributed by atoms with Crippen LogP contribution in [0, 0.1) is 6.08 Å². The Kier molecular flexibility index (Phi) is 15.1. The molecule has 1 N–H and O–H groups in total. The van der Waals surface area contributed by atoms with Crippen molar-refractivity contribution < 1.29 is 20.3 Å². The predicted octanol–water partition coefficient (Wildman–Crippen LogP) is 7.19. The van der Waals surface area contributed by atoms with Crippen LogP contribution in [0.2, 0.25) is 0 Å². The van der Waals surface area contributed by atoms with Gasteiger partial charge in [-0.1, -0.05) is 62.9 Å². The van der Waals surface area contributed by atoms with Crippen molar-refractivity contribution in [1.29, 1.82) is 0 Å². The number of halogens is 3. The van der Waals surface area contributed by atoms with Crippen LogP contribution in [0.1, 0.15) is 56.6 Å². The Bertz CT molecular complexity index is 651. The summed E-state index contributed by atoms with van der Waals surface area (Å²) in [6, 6.07) is 14.2. The van der Waals surface area contributed by atoms with Gasteiger partial charge < -0.3 is 5.11 Å². The first-order chi connectivity index (χ1) is 13.5. The summed E-state index contributed by atoms with van der Waals surface area (Å²) in [6.07, 6.45) is 13.9. The van der Waals surface area contributed by atoms with E-state index in [1.165, 1.54) is 24.8 Å². The summed E-state index contributed by atoms with van der Waals surface area (Å²) in [7, 11) is 15.0. The van der Waals surface area contributed by atoms with Crippen LogP contribution in [0.5, 0.6) is 0 Å². The first-order valence-electron chi connectivity index (χ1n) is 9.55. The number of pyridine rings is 1. The van der Waals surface area contributed by atoms with Crippen LogP contribution in [0.25, 0.3) is 0 Å². The van der Waals surface area contributed by atoms with Crippen molar-refractivity contribution in [2.45, 2.75) is 58.0 Å². The van der Waals surface area contributed by atoms with Crippen LogP contribution >= 0.6 is 27.6 Å². The standard InChI is InChI=1S/C22H28NO.3ClH.Ta/c1-2-3-4-8-11-21(18-20-14-16-23-17-15-20)22(24)13-12-19-9-6-5-7-10-19;;;;/h5-7,9-10,14-17,22,24H,2-4,8,11-13H2,1H3;3*1H;/q-1;;;;+3/p-3. The molecule has 28 heavy (non-hydrogen) atoms. The molecule has 0 spiro atoms. The Balaban J connectivity index is 0.000000892. The predicted molar refractivity (Wildman–Crippen MR) is 117 cm³/mol. The third kappa shape index (κ3) is 13.0. The van der Waals surface area contributed by atoms with Gasteiger partial charge >= 0.3 is 42.8 Å². The second-order valence-corrected chi connectivity index (χ2v) is 20.4. The van der Waals surface area contributed by atoms with Gasteiger partial charge in [-0.25, -0.2) is 0 Å². The fraction of sp³-hybridized carbons (Fsp3) is 0.409. The first-order valence-corrected chi connectivity index (χ1v) is 21.5. The van der Waals surface area contributed by atoms with Crippen molar-refractivity contribution in [3.8, 4) is 0 Å². The molecule has 0 bridgehead atoms. The summed E-state index contributed by atoms with van der Waals surface area (Å²) in [4.78, 5) is 4.05. The van der Waals surface area contributed by atoms with Crippen molar-refractivity contribution in [2.75, 3.05) is 0 Å². The number of aliphatic hydroxyl groups excluding tert-OH is 1. The molecule has 2 aromatic rings. The quantitative estimate of drug-likeness (QED) is 0.229. The fourth-order valence-electron chi connectivity index (χ4n) is 2.80. The zero-order valence-electron chi connectivity index (χ0n) is 16.2. The Morgan fingerprint density at radius 2 is 1.68 bits per heavy atom.